The highest BCUT2D eigenvalue weighted by Crippen LogP contribution is 2.37. The Labute approximate surface area is 174 Å². The van der Waals surface area contributed by atoms with Gasteiger partial charge in [-0.05, 0) is 37.6 Å². The summed E-state index contributed by atoms with van der Waals surface area (Å²) in [4.78, 5) is 31.3. The summed E-state index contributed by atoms with van der Waals surface area (Å²) < 4.78 is 7.15. The molecular formula is C22H25N3O3S. The van der Waals surface area contributed by atoms with Gasteiger partial charge in [-0.3, -0.25) is 4.79 Å². The Kier molecular flexibility index (Phi) is 6.59. The fraction of sp³-hybridized carbons (Fsp3) is 0.318. The number of benzene rings is 2. The molecular weight excluding hydrogens is 386 g/mol. The largest absolute Gasteiger partial charge is 0.462 e. The fourth-order valence-electron chi connectivity index (χ4n) is 3.07. The molecule has 0 saturated heterocycles. The van der Waals surface area contributed by atoms with E-state index in [0.29, 0.717) is 24.2 Å². The van der Waals surface area contributed by atoms with Gasteiger partial charge in [-0.25, -0.2) is 9.78 Å². The van der Waals surface area contributed by atoms with Gasteiger partial charge in [-0.2, -0.15) is 0 Å². The van der Waals surface area contributed by atoms with Crippen LogP contribution in [0.15, 0.2) is 53.7 Å². The summed E-state index contributed by atoms with van der Waals surface area (Å²) in [5, 5.41) is 0.338. The molecule has 29 heavy (non-hydrogen) atoms. The number of carbonyl (C=O) groups is 2. The van der Waals surface area contributed by atoms with Crippen LogP contribution in [0.25, 0.3) is 11.0 Å². The molecule has 0 radical (unpaired) electrons. The first-order chi connectivity index (χ1) is 14.0. The Morgan fingerprint density at radius 1 is 1.14 bits per heavy atom. The smallest absolute Gasteiger partial charge is 0.338 e. The van der Waals surface area contributed by atoms with E-state index in [4.69, 9.17) is 9.72 Å². The fourth-order valence-corrected chi connectivity index (χ4v) is 4.39. The summed E-state index contributed by atoms with van der Waals surface area (Å²) in [5.74, 6) is -0.359. The van der Waals surface area contributed by atoms with Crippen molar-refractivity contribution in [2.45, 2.75) is 30.8 Å². The van der Waals surface area contributed by atoms with Crippen molar-refractivity contribution in [1.29, 1.82) is 0 Å². The van der Waals surface area contributed by atoms with Crippen LogP contribution in [-0.4, -0.2) is 47.0 Å². The van der Waals surface area contributed by atoms with Crippen LogP contribution in [-0.2, 0) is 16.1 Å². The zero-order chi connectivity index (χ0) is 21.0. The molecule has 0 saturated carbocycles. The molecule has 0 bridgehead atoms. The van der Waals surface area contributed by atoms with Gasteiger partial charge in [0, 0.05) is 20.6 Å². The van der Waals surface area contributed by atoms with Crippen molar-refractivity contribution < 1.29 is 14.3 Å². The summed E-state index contributed by atoms with van der Waals surface area (Å²) in [6.45, 7) is 4.85. The van der Waals surface area contributed by atoms with Gasteiger partial charge in [0.05, 0.1) is 23.2 Å². The number of aromatic nitrogens is 2. The highest BCUT2D eigenvalue weighted by Gasteiger charge is 2.26. The highest BCUT2D eigenvalue weighted by molar-refractivity contribution is 8.00. The Hall–Kier alpha value is -2.80. The predicted octanol–water partition coefficient (Wildman–Crippen LogP) is 4.15. The lowest BCUT2D eigenvalue weighted by atomic mass is 10.1. The maximum absolute atomic E-state index is 12.9. The minimum absolute atomic E-state index is 0.00289. The first-order valence-corrected chi connectivity index (χ1v) is 10.4. The number of rotatable bonds is 7. The first kappa shape index (κ1) is 20.9. The first-order valence-electron chi connectivity index (χ1n) is 9.56. The lowest BCUT2D eigenvalue weighted by Gasteiger charge is -2.20. The Bertz CT molecular complexity index is 1010. The highest BCUT2D eigenvalue weighted by atomic mass is 32.2. The molecule has 3 rings (SSSR count). The van der Waals surface area contributed by atoms with Gasteiger partial charge < -0.3 is 14.2 Å². The number of likely N-dealkylation sites (N-methyl/N-ethyl adjacent to an activating group) is 1. The van der Waals surface area contributed by atoms with Crippen LogP contribution in [0.2, 0.25) is 0 Å². The van der Waals surface area contributed by atoms with Crippen LogP contribution >= 0.6 is 11.8 Å². The zero-order valence-corrected chi connectivity index (χ0v) is 17.9. The third-order valence-corrected chi connectivity index (χ3v) is 5.76. The van der Waals surface area contributed by atoms with Gasteiger partial charge in [0.1, 0.15) is 5.25 Å². The quantitative estimate of drug-likeness (QED) is 0.432. The minimum Gasteiger partial charge on any atom is -0.462 e. The Balaban J connectivity index is 2.02. The van der Waals surface area contributed by atoms with Crippen LogP contribution in [0, 0.1) is 0 Å². The number of amides is 1. The summed E-state index contributed by atoms with van der Waals surface area (Å²) in [6.07, 6.45) is 0. The molecule has 1 aromatic heterocycles. The molecule has 3 aromatic rings. The molecule has 0 aliphatic heterocycles. The van der Waals surface area contributed by atoms with E-state index in [9.17, 15) is 9.59 Å². The van der Waals surface area contributed by atoms with Gasteiger partial charge >= 0.3 is 5.97 Å². The van der Waals surface area contributed by atoms with E-state index in [0.717, 1.165) is 16.2 Å². The summed E-state index contributed by atoms with van der Waals surface area (Å²) >= 11 is 1.42. The van der Waals surface area contributed by atoms with Gasteiger partial charge in [0.15, 0.2) is 5.16 Å². The van der Waals surface area contributed by atoms with Crippen LogP contribution in [0.1, 0.15) is 35.0 Å². The second kappa shape index (κ2) is 9.13. The van der Waals surface area contributed by atoms with Gasteiger partial charge in [-0.15, -0.1) is 0 Å². The van der Waals surface area contributed by atoms with Crippen molar-refractivity contribution >= 4 is 34.7 Å². The minimum atomic E-state index is -0.405. The lowest BCUT2D eigenvalue weighted by Crippen LogP contribution is -2.27. The third kappa shape index (κ3) is 4.45. The molecule has 1 unspecified atom stereocenters. The van der Waals surface area contributed by atoms with E-state index in [1.54, 1.807) is 38.1 Å². The van der Waals surface area contributed by atoms with E-state index in [1.165, 1.54) is 11.8 Å². The Morgan fingerprint density at radius 2 is 1.86 bits per heavy atom. The number of imidazole rings is 1. The normalized spacial score (nSPS) is 12.0. The average Bonchev–Trinajstić information content (AvgIpc) is 3.08. The van der Waals surface area contributed by atoms with Crippen LogP contribution < -0.4 is 0 Å². The summed E-state index contributed by atoms with van der Waals surface area (Å²) in [7, 11) is 3.51. The van der Waals surface area contributed by atoms with E-state index >= 15 is 0 Å². The maximum Gasteiger partial charge on any atom is 0.338 e. The molecule has 2 aromatic carbocycles. The second-order valence-electron chi connectivity index (χ2n) is 6.70. The van der Waals surface area contributed by atoms with Crippen molar-refractivity contribution in [1.82, 2.24) is 14.5 Å². The van der Waals surface area contributed by atoms with Crippen molar-refractivity contribution in [3.05, 3.63) is 59.7 Å². The number of ether oxygens (including phenoxy) is 1. The van der Waals surface area contributed by atoms with E-state index in [-0.39, 0.29) is 11.9 Å². The second-order valence-corrected chi connectivity index (χ2v) is 7.78. The molecule has 0 N–H and O–H groups in total. The number of thioether (sulfide) groups is 1. The molecule has 1 amide bonds. The van der Waals surface area contributed by atoms with E-state index in [2.05, 4.69) is 4.57 Å². The number of hydrogen-bond acceptors (Lipinski definition) is 5. The predicted molar refractivity (Wildman–Crippen MR) is 115 cm³/mol. The molecule has 0 fully saturated rings. The van der Waals surface area contributed by atoms with Crippen LogP contribution in [0.5, 0.6) is 0 Å². The van der Waals surface area contributed by atoms with Gasteiger partial charge in [0.25, 0.3) is 0 Å². The number of esters is 1. The molecule has 7 heteroatoms. The SMILES string of the molecule is CCOC(=O)c1ccc2c(c1)nc(SC(C(=O)N(C)C)c1ccccc1)n2CC. The maximum atomic E-state index is 12.9. The summed E-state index contributed by atoms with van der Waals surface area (Å²) in [6, 6.07) is 15.1. The van der Waals surface area contributed by atoms with E-state index in [1.807, 2.05) is 43.3 Å². The van der Waals surface area contributed by atoms with Gasteiger partial charge in [-0.1, -0.05) is 42.1 Å². The third-order valence-electron chi connectivity index (χ3n) is 4.53. The average molecular weight is 412 g/mol. The monoisotopic (exact) mass is 411 g/mol. The molecule has 0 aliphatic carbocycles. The molecule has 1 heterocycles. The number of nitrogens with zero attached hydrogens (tertiary/aromatic N) is 3. The molecule has 152 valence electrons. The number of fused-ring (bicyclic) bond motifs is 1. The zero-order valence-electron chi connectivity index (χ0n) is 17.1. The van der Waals surface area contributed by atoms with Crippen molar-refractivity contribution in [3.63, 3.8) is 0 Å². The number of aryl methyl sites for hydroxylation is 1. The molecule has 0 aliphatic rings. The van der Waals surface area contributed by atoms with Gasteiger partial charge in [0.2, 0.25) is 5.91 Å². The van der Waals surface area contributed by atoms with Crippen LogP contribution in [0.3, 0.4) is 0 Å². The molecule has 6 nitrogen and oxygen atoms in total. The topological polar surface area (TPSA) is 64.4 Å². The Morgan fingerprint density at radius 3 is 2.48 bits per heavy atom. The van der Waals surface area contributed by atoms with Crippen molar-refractivity contribution in [3.8, 4) is 0 Å². The van der Waals surface area contributed by atoms with Crippen molar-refractivity contribution in [2.24, 2.45) is 0 Å². The number of hydrogen-bond donors (Lipinski definition) is 0. The van der Waals surface area contributed by atoms with Crippen molar-refractivity contribution in [2.75, 3.05) is 20.7 Å². The molecule has 0 spiro atoms. The van der Waals surface area contributed by atoms with E-state index < -0.39 is 5.25 Å². The standard InChI is InChI=1S/C22H25N3O3S/c1-5-25-18-13-12-16(21(27)28-6-2)14-17(18)23-22(25)29-19(20(26)24(3)4)15-10-8-7-9-11-15/h7-14,19H,5-6H2,1-4H3. The lowest BCUT2D eigenvalue weighted by molar-refractivity contribution is -0.128. The van der Waals surface area contributed by atoms with Crippen LogP contribution in [0.4, 0.5) is 0 Å². The summed E-state index contributed by atoms with van der Waals surface area (Å²) in [5.41, 5.74) is 3.04. The molecule has 1 atom stereocenters. The number of carbonyl (C=O) groups excluding carboxylic acids is 2.